The molecule has 11 nitrogen and oxygen atoms in total. The fourth-order valence-corrected chi connectivity index (χ4v) is 3.16. The zero-order valence-corrected chi connectivity index (χ0v) is 18.3. The number of nitrogens with one attached hydrogen (secondary N) is 1. The number of aromatic nitrogens is 4. The first kappa shape index (κ1) is 23.1. The van der Waals surface area contributed by atoms with Gasteiger partial charge in [0.25, 0.3) is 5.89 Å². The number of aryl methyl sites for hydroxylation is 3. The number of nitrogens with two attached hydrogens (primary N) is 1. The van der Waals surface area contributed by atoms with Crippen LogP contribution >= 0.6 is 0 Å². The van der Waals surface area contributed by atoms with E-state index >= 15 is 0 Å². The lowest BCUT2D eigenvalue weighted by molar-refractivity contribution is -0.127. The van der Waals surface area contributed by atoms with Crippen LogP contribution in [0, 0.1) is 20.8 Å². The Morgan fingerprint density at radius 1 is 1.16 bits per heavy atom. The predicted molar refractivity (Wildman–Crippen MR) is 116 cm³/mol. The number of primary amides is 1. The van der Waals surface area contributed by atoms with Crippen molar-refractivity contribution < 1.29 is 24.3 Å². The quantitative estimate of drug-likeness (QED) is 0.377. The van der Waals surface area contributed by atoms with Crippen LogP contribution in [-0.4, -0.2) is 62.1 Å². The number of amides is 1. The van der Waals surface area contributed by atoms with Gasteiger partial charge in [0.1, 0.15) is 24.2 Å². The first-order valence-electron chi connectivity index (χ1n) is 9.95. The van der Waals surface area contributed by atoms with Crippen molar-refractivity contribution in [2.75, 3.05) is 19.0 Å². The maximum atomic E-state index is 10.9. The largest absolute Gasteiger partial charge is 0.490 e. The number of rotatable bonds is 9. The van der Waals surface area contributed by atoms with E-state index in [2.05, 4.69) is 25.4 Å². The summed E-state index contributed by atoms with van der Waals surface area (Å²) in [7, 11) is 1.73. The van der Waals surface area contributed by atoms with Crippen LogP contribution in [0.5, 0.6) is 5.75 Å². The Hall–Kier alpha value is -3.57. The minimum absolute atomic E-state index is 0.0986. The Morgan fingerprint density at radius 3 is 2.47 bits per heavy atom. The van der Waals surface area contributed by atoms with Gasteiger partial charge in [-0.25, -0.2) is 9.97 Å². The fraction of sp³-hybridized carbons (Fsp3) is 0.381. The van der Waals surface area contributed by atoms with Crippen molar-refractivity contribution in [2.45, 2.75) is 39.4 Å². The average molecular weight is 442 g/mol. The van der Waals surface area contributed by atoms with Crippen molar-refractivity contribution in [2.24, 2.45) is 5.73 Å². The Kier molecular flexibility index (Phi) is 7.01. The first-order chi connectivity index (χ1) is 15.2. The molecule has 0 spiro atoms. The first-order valence-corrected chi connectivity index (χ1v) is 9.95. The van der Waals surface area contributed by atoms with Crippen molar-refractivity contribution >= 4 is 11.9 Å². The van der Waals surface area contributed by atoms with Gasteiger partial charge in [0.05, 0.1) is 6.10 Å². The summed E-state index contributed by atoms with van der Waals surface area (Å²) in [4.78, 5) is 24.0. The minimum Gasteiger partial charge on any atom is -0.490 e. The summed E-state index contributed by atoms with van der Waals surface area (Å²) >= 11 is 0. The van der Waals surface area contributed by atoms with Gasteiger partial charge >= 0.3 is 0 Å². The smallest absolute Gasteiger partial charge is 0.277 e. The van der Waals surface area contributed by atoms with E-state index in [-0.39, 0.29) is 18.9 Å². The fourth-order valence-electron chi connectivity index (χ4n) is 3.16. The van der Waals surface area contributed by atoms with Gasteiger partial charge in [0.2, 0.25) is 17.7 Å². The van der Waals surface area contributed by atoms with Crippen LogP contribution in [0.2, 0.25) is 0 Å². The zero-order chi connectivity index (χ0) is 23.4. The molecular weight excluding hydrogens is 416 g/mol. The normalized spacial score (nSPS) is 12.9. The molecule has 0 radical (unpaired) electrons. The Balaban J connectivity index is 1.77. The van der Waals surface area contributed by atoms with Gasteiger partial charge in [-0.3, -0.25) is 4.79 Å². The summed E-state index contributed by atoms with van der Waals surface area (Å²) in [5.74, 6) is 0.812. The molecule has 32 heavy (non-hydrogen) atoms. The number of hydrogen-bond acceptors (Lipinski definition) is 10. The molecule has 3 rings (SSSR count). The third-order valence-electron chi connectivity index (χ3n) is 4.69. The summed E-state index contributed by atoms with van der Waals surface area (Å²) in [6.07, 6.45) is -2.67. The lowest BCUT2D eigenvalue weighted by Crippen LogP contribution is -2.33. The third kappa shape index (κ3) is 5.37. The highest BCUT2D eigenvalue weighted by atomic mass is 16.5. The average Bonchev–Trinajstić information content (AvgIpc) is 3.22. The van der Waals surface area contributed by atoms with Gasteiger partial charge in [-0.1, -0.05) is 5.16 Å². The molecule has 1 amide bonds. The van der Waals surface area contributed by atoms with E-state index in [1.165, 1.54) is 0 Å². The molecule has 5 N–H and O–H groups in total. The summed E-state index contributed by atoms with van der Waals surface area (Å²) in [5.41, 5.74) is 8.60. The van der Waals surface area contributed by atoms with Crippen molar-refractivity contribution in [1.82, 2.24) is 20.1 Å². The standard InChI is InChI=1S/C21H26N6O5/c1-10-5-13(6-11(2)17(10)31-9-14(28)8-16(29)18(22)30)19-26-20(32-27-19)15-7-12(3)24-21(23-4)25-15/h5-7,14,16,28-29H,8-9H2,1-4H3,(H2,22,30)(H,23,24,25)/t14-,16?/m0/s1. The molecule has 0 aliphatic heterocycles. The topological polar surface area (TPSA) is 170 Å². The molecule has 3 aromatic rings. The number of aliphatic hydroxyl groups is 2. The van der Waals surface area contributed by atoms with Crippen LogP contribution in [0.25, 0.3) is 23.0 Å². The van der Waals surface area contributed by atoms with Crippen LogP contribution in [-0.2, 0) is 4.79 Å². The van der Waals surface area contributed by atoms with Crippen molar-refractivity contribution in [3.63, 3.8) is 0 Å². The van der Waals surface area contributed by atoms with Crippen LogP contribution in [0.1, 0.15) is 23.2 Å². The van der Waals surface area contributed by atoms with Gasteiger partial charge in [0.15, 0.2) is 0 Å². The van der Waals surface area contributed by atoms with E-state index in [9.17, 15) is 15.0 Å². The molecule has 2 aromatic heterocycles. The zero-order valence-electron chi connectivity index (χ0n) is 18.3. The Bertz CT molecular complexity index is 1090. The molecule has 2 atom stereocenters. The number of benzene rings is 1. The Labute approximate surface area is 184 Å². The second-order valence-corrected chi connectivity index (χ2v) is 7.45. The molecule has 1 aromatic carbocycles. The van der Waals surface area contributed by atoms with Gasteiger partial charge in [0, 0.05) is 24.7 Å². The van der Waals surface area contributed by atoms with E-state index in [1.54, 1.807) is 13.1 Å². The maximum absolute atomic E-state index is 10.9. The third-order valence-corrected chi connectivity index (χ3v) is 4.69. The van der Waals surface area contributed by atoms with E-state index < -0.39 is 18.1 Å². The van der Waals surface area contributed by atoms with Gasteiger partial charge in [-0.05, 0) is 50.1 Å². The van der Waals surface area contributed by atoms with Gasteiger partial charge in [-0.2, -0.15) is 4.98 Å². The summed E-state index contributed by atoms with van der Waals surface area (Å²) in [6, 6.07) is 5.43. The van der Waals surface area contributed by atoms with E-state index in [0.717, 1.165) is 22.4 Å². The SMILES string of the molecule is CNc1nc(C)cc(-c2nc(-c3cc(C)c(OC[C@@H](O)CC(O)C(N)=O)c(C)c3)no2)n1. The molecule has 2 heterocycles. The molecule has 1 unspecified atom stereocenters. The minimum atomic E-state index is -1.42. The molecule has 0 aliphatic rings. The number of carbonyl (C=O) groups excluding carboxylic acids is 1. The summed E-state index contributed by atoms with van der Waals surface area (Å²) in [5, 5.41) is 26.4. The van der Waals surface area contributed by atoms with Crippen LogP contribution in [0.3, 0.4) is 0 Å². The van der Waals surface area contributed by atoms with E-state index in [1.807, 2.05) is 32.9 Å². The van der Waals surface area contributed by atoms with E-state index in [0.29, 0.717) is 23.2 Å². The van der Waals surface area contributed by atoms with Crippen molar-refractivity contribution in [3.05, 3.63) is 35.0 Å². The van der Waals surface area contributed by atoms with E-state index in [4.69, 9.17) is 15.0 Å². The molecule has 11 heteroatoms. The van der Waals surface area contributed by atoms with Crippen molar-refractivity contribution in [3.8, 4) is 28.7 Å². The number of nitrogens with zero attached hydrogens (tertiary/aromatic N) is 4. The highest BCUT2D eigenvalue weighted by Gasteiger charge is 2.19. The number of anilines is 1. The summed E-state index contributed by atoms with van der Waals surface area (Å²) in [6.45, 7) is 5.45. The molecular formula is C21H26N6O5. The number of carbonyl (C=O) groups is 1. The highest BCUT2D eigenvalue weighted by molar-refractivity contribution is 5.78. The number of aliphatic hydroxyl groups excluding tert-OH is 2. The highest BCUT2D eigenvalue weighted by Crippen LogP contribution is 2.30. The monoisotopic (exact) mass is 442 g/mol. The maximum Gasteiger partial charge on any atom is 0.277 e. The van der Waals surface area contributed by atoms with Crippen LogP contribution in [0.4, 0.5) is 5.95 Å². The predicted octanol–water partition coefficient (Wildman–Crippen LogP) is 1.14. The lowest BCUT2D eigenvalue weighted by atomic mass is 10.1. The number of hydrogen-bond donors (Lipinski definition) is 4. The molecule has 0 saturated heterocycles. The molecule has 0 saturated carbocycles. The second-order valence-electron chi connectivity index (χ2n) is 7.45. The summed E-state index contributed by atoms with van der Waals surface area (Å²) < 4.78 is 11.1. The Morgan fingerprint density at radius 2 is 1.84 bits per heavy atom. The number of ether oxygens (including phenoxy) is 1. The lowest BCUT2D eigenvalue weighted by Gasteiger charge is -2.17. The van der Waals surface area contributed by atoms with Crippen LogP contribution < -0.4 is 15.8 Å². The van der Waals surface area contributed by atoms with Gasteiger partial charge in [-0.15, -0.1) is 0 Å². The van der Waals surface area contributed by atoms with Crippen LogP contribution in [0.15, 0.2) is 22.7 Å². The molecule has 0 fully saturated rings. The van der Waals surface area contributed by atoms with Gasteiger partial charge < -0.3 is 30.5 Å². The molecule has 0 bridgehead atoms. The van der Waals surface area contributed by atoms with Crippen molar-refractivity contribution in [1.29, 1.82) is 0 Å². The molecule has 0 aliphatic carbocycles. The second kappa shape index (κ2) is 9.71. The molecule has 170 valence electrons.